The van der Waals surface area contributed by atoms with E-state index in [9.17, 15) is 9.90 Å². The predicted octanol–water partition coefficient (Wildman–Crippen LogP) is 4.70. The Balaban J connectivity index is 1.70. The number of nitrogens with zero attached hydrogens (tertiary/aromatic N) is 1. The minimum absolute atomic E-state index is 0.00353. The SMILES string of the molecule is CCC1[C@@H](C(=O)O)CCCN1CC1=CCC(c2ccc(Cl)cc2Cl)C(N)C1. The van der Waals surface area contributed by atoms with Crippen LogP contribution in [0.1, 0.15) is 50.5 Å². The van der Waals surface area contributed by atoms with Crippen LogP contribution in [0.4, 0.5) is 0 Å². The molecule has 0 aromatic heterocycles. The summed E-state index contributed by atoms with van der Waals surface area (Å²) in [5.74, 6) is -0.742. The second-order valence-corrected chi connectivity index (χ2v) is 8.62. The molecule has 1 aliphatic carbocycles. The summed E-state index contributed by atoms with van der Waals surface area (Å²) in [6, 6.07) is 5.72. The molecule has 4 nitrogen and oxygen atoms in total. The highest BCUT2D eigenvalue weighted by molar-refractivity contribution is 6.35. The molecule has 0 radical (unpaired) electrons. The molecule has 0 amide bonds. The third-order valence-electron chi connectivity index (χ3n) is 6.07. The molecule has 1 heterocycles. The molecule has 3 rings (SSSR count). The second kappa shape index (κ2) is 8.95. The number of likely N-dealkylation sites (tertiary alicyclic amines) is 1. The van der Waals surface area contributed by atoms with Crippen molar-refractivity contribution in [2.24, 2.45) is 11.7 Å². The summed E-state index contributed by atoms with van der Waals surface area (Å²) in [5.41, 5.74) is 8.88. The van der Waals surface area contributed by atoms with Crippen molar-refractivity contribution in [1.82, 2.24) is 4.90 Å². The smallest absolute Gasteiger partial charge is 0.308 e. The van der Waals surface area contributed by atoms with Crippen LogP contribution in [-0.2, 0) is 4.79 Å². The standard InChI is InChI=1S/C21H28Cl2N2O2/c1-2-20-17(21(26)27)4-3-9-25(20)12-13-5-7-16(19(24)10-13)15-8-6-14(22)11-18(15)23/h5-6,8,11,16-17,19-20H,2-4,7,9-10,12,24H2,1H3,(H,26,27)/t16?,17-,19?,20?/m0/s1. The molecular weight excluding hydrogens is 383 g/mol. The molecule has 4 atom stereocenters. The van der Waals surface area contributed by atoms with Crippen molar-refractivity contribution in [3.63, 3.8) is 0 Å². The van der Waals surface area contributed by atoms with Crippen molar-refractivity contribution in [2.45, 2.75) is 57.0 Å². The first-order valence-corrected chi connectivity index (χ1v) is 10.5. The maximum absolute atomic E-state index is 11.6. The van der Waals surface area contributed by atoms with Crippen LogP contribution in [0.15, 0.2) is 29.8 Å². The van der Waals surface area contributed by atoms with Crippen molar-refractivity contribution in [2.75, 3.05) is 13.1 Å². The first-order chi connectivity index (χ1) is 12.9. The van der Waals surface area contributed by atoms with Crippen LogP contribution in [0.3, 0.4) is 0 Å². The maximum Gasteiger partial charge on any atom is 0.308 e. The van der Waals surface area contributed by atoms with Gasteiger partial charge in [-0.05, 0) is 56.3 Å². The number of hydrogen-bond donors (Lipinski definition) is 2. The zero-order valence-electron chi connectivity index (χ0n) is 15.7. The molecule has 27 heavy (non-hydrogen) atoms. The van der Waals surface area contributed by atoms with Gasteiger partial charge in [0.2, 0.25) is 0 Å². The van der Waals surface area contributed by atoms with Crippen LogP contribution in [0, 0.1) is 5.92 Å². The molecule has 1 aromatic rings. The lowest BCUT2D eigenvalue weighted by Crippen LogP contribution is -2.48. The fourth-order valence-electron chi connectivity index (χ4n) is 4.70. The van der Waals surface area contributed by atoms with E-state index in [0.29, 0.717) is 10.0 Å². The Labute approximate surface area is 171 Å². The monoisotopic (exact) mass is 410 g/mol. The average Bonchev–Trinajstić information content (AvgIpc) is 2.62. The number of allylic oxidation sites excluding steroid dienone is 1. The van der Waals surface area contributed by atoms with E-state index in [-0.39, 0.29) is 23.9 Å². The van der Waals surface area contributed by atoms with Gasteiger partial charge in [0.05, 0.1) is 5.92 Å². The average molecular weight is 411 g/mol. The molecule has 1 fully saturated rings. The number of rotatable bonds is 5. The van der Waals surface area contributed by atoms with E-state index < -0.39 is 5.97 Å². The van der Waals surface area contributed by atoms with Crippen LogP contribution in [-0.4, -0.2) is 41.1 Å². The van der Waals surface area contributed by atoms with Gasteiger partial charge in [0.25, 0.3) is 0 Å². The van der Waals surface area contributed by atoms with Gasteiger partial charge in [-0.25, -0.2) is 0 Å². The molecule has 0 bridgehead atoms. The summed E-state index contributed by atoms with van der Waals surface area (Å²) in [4.78, 5) is 13.9. The summed E-state index contributed by atoms with van der Waals surface area (Å²) in [5, 5.41) is 10.8. The van der Waals surface area contributed by atoms with E-state index in [1.165, 1.54) is 5.57 Å². The summed E-state index contributed by atoms with van der Waals surface area (Å²) >= 11 is 12.4. The molecule has 148 valence electrons. The molecule has 3 N–H and O–H groups in total. The van der Waals surface area contributed by atoms with Gasteiger partial charge in [-0.15, -0.1) is 0 Å². The fraction of sp³-hybridized carbons (Fsp3) is 0.571. The normalized spacial score (nSPS) is 29.4. The summed E-state index contributed by atoms with van der Waals surface area (Å²) in [6.07, 6.45) is 6.52. The number of carboxylic acids is 1. The Bertz CT molecular complexity index is 722. The molecule has 2 aliphatic rings. The van der Waals surface area contributed by atoms with Crippen molar-refractivity contribution in [3.05, 3.63) is 45.5 Å². The zero-order valence-corrected chi connectivity index (χ0v) is 17.2. The van der Waals surface area contributed by atoms with Gasteiger partial charge in [0, 0.05) is 34.6 Å². The number of aliphatic carboxylic acids is 1. The third kappa shape index (κ3) is 4.68. The molecular formula is C21H28Cl2N2O2. The summed E-state index contributed by atoms with van der Waals surface area (Å²) in [6.45, 7) is 3.86. The highest BCUT2D eigenvalue weighted by Crippen LogP contribution is 2.37. The van der Waals surface area contributed by atoms with Gasteiger partial charge in [-0.1, -0.05) is 47.8 Å². The second-order valence-electron chi connectivity index (χ2n) is 7.77. The van der Waals surface area contributed by atoms with Crippen LogP contribution in [0.5, 0.6) is 0 Å². The van der Waals surface area contributed by atoms with Crippen molar-refractivity contribution >= 4 is 29.2 Å². The number of halogens is 2. The Morgan fingerprint density at radius 3 is 2.78 bits per heavy atom. The summed E-state index contributed by atoms with van der Waals surface area (Å²) in [7, 11) is 0. The topological polar surface area (TPSA) is 66.6 Å². The molecule has 3 unspecified atom stereocenters. The van der Waals surface area contributed by atoms with Crippen LogP contribution >= 0.6 is 23.2 Å². The van der Waals surface area contributed by atoms with Crippen molar-refractivity contribution in [3.8, 4) is 0 Å². The molecule has 0 spiro atoms. The van der Waals surface area contributed by atoms with Gasteiger partial charge < -0.3 is 10.8 Å². The lowest BCUT2D eigenvalue weighted by molar-refractivity contribution is -0.146. The first-order valence-electron chi connectivity index (χ1n) is 9.76. The highest BCUT2D eigenvalue weighted by Gasteiger charge is 2.35. The molecule has 1 aliphatic heterocycles. The number of hydrogen-bond acceptors (Lipinski definition) is 3. The van der Waals surface area contributed by atoms with Crippen molar-refractivity contribution < 1.29 is 9.90 Å². The Kier molecular flexibility index (Phi) is 6.85. The highest BCUT2D eigenvalue weighted by atomic mass is 35.5. The minimum Gasteiger partial charge on any atom is -0.481 e. The number of carboxylic acid groups (broad SMARTS) is 1. The van der Waals surface area contributed by atoms with Gasteiger partial charge in [-0.2, -0.15) is 0 Å². The van der Waals surface area contributed by atoms with E-state index in [0.717, 1.165) is 50.8 Å². The molecule has 1 aromatic carbocycles. The quantitative estimate of drug-likeness (QED) is 0.690. The molecule has 0 saturated carbocycles. The van der Waals surface area contributed by atoms with E-state index in [4.69, 9.17) is 28.9 Å². The summed E-state index contributed by atoms with van der Waals surface area (Å²) < 4.78 is 0. The lowest BCUT2D eigenvalue weighted by Gasteiger charge is -2.41. The van der Waals surface area contributed by atoms with Gasteiger partial charge in [0.1, 0.15) is 0 Å². The molecule has 1 saturated heterocycles. The number of nitrogens with two attached hydrogens (primary N) is 1. The largest absolute Gasteiger partial charge is 0.481 e. The first kappa shape index (κ1) is 20.7. The Hall–Kier alpha value is -1.07. The Morgan fingerprint density at radius 2 is 2.15 bits per heavy atom. The predicted molar refractivity (Wildman–Crippen MR) is 111 cm³/mol. The van der Waals surface area contributed by atoms with Gasteiger partial charge in [-0.3, -0.25) is 9.69 Å². The van der Waals surface area contributed by atoms with Gasteiger partial charge in [0.15, 0.2) is 0 Å². The third-order valence-corrected chi connectivity index (χ3v) is 6.64. The number of benzene rings is 1. The zero-order chi connectivity index (χ0) is 19.6. The molecule has 6 heteroatoms. The minimum atomic E-state index is -0.668. The van der Waals surface area contributed by atoms with Gasteiger partial charge >= 0.3 is 5.97 Å². The number of piperidine rings is 1. The van der Waals surface area contributed by atoms with Crippen LogP contribution < -0.4 is 5.73 Å². The van der Waals surface area contributed by atoms with Crippen molar-refractivity contribution in [1.29, 1.82) is 0 Å². The van der Waals surface area contributed by atoms with Crippen LogP contribution in [0.2, 0.25) is 10.0 Å². The lowest BCUT2D eigenvalue weighted by atomic mass is 9.80. The Morgan fingerprint density at radius 1 is 1.37 bits per heavy atom. The van der Waals surface area contributed by atoms with E-state index >= 15 is 0 Å². The van der Waals surface area contributed by atoms with E-state index in [1.54, 1.807) is 6.07 Å². The van der Waals surface area contributed by atoms with E-state index in [1.807, 2.05) is 12.1 Å². The van der Waals surface area contributed by atoms with Crippen LogP contribution in [0.25, 0.3) is 0 Å². The fourth-order valence-corrected chi connectivity index (χ4v) is 5.25. The maximum atomic E-state index is 11.6. The van der Waals surface area contributed by atoms with E-state index in [2.05, 4.69) is 17.9 Å². The number of carbonyl (C=O) groups is 1.